The molecule has 0 spiro atoms. The molecule has 0 unspecified atom stereocenters. The molecule has 0 saturated heterocycles. The van der Waals surface area contributed by atoms with Gasteiger partial charge in [-0.05, 0) is 37.0 Å². The third-order valence-electron chi connectivity index (χ3n) is 2.95. The van der Waals surface area contributed by atoms with Crippen molar-refractivity contribution in [3.05, 3.63) is 35.6 Å². The fraction of sp³-hybridized carbons (Fsp3) is 0.462. The monoisotopic (exact) mass is 255 g/mol. The lowest BCUT2D eigenvalue weighted by Gasteiger charge is -2.21. The summed E-state index contributed by atoms with van der Waals surface area (Å²) in [4.78, 5) is 13.4. The van der Waals surface area contributed by atoms with Crippen LogP contribution in [-0.2, 0) is 11.2 Å². The Kier molecular flexibility index (Phi) is 4.00. The minimum atomic E-state index is -0.232. The van der Waals surface area contributed by atoms with E-state index in [-0.39, 0.29) is 17.6 Å². The first kappa shape index (κ1) is 12.4. The van der Waals surface area contributed by atoms with Crippen LogP contribution in [0.15, 0.2) is 24.3 Å². The third kappa shape index (κ3) is 3.43. The molecule has 4 heteroatoms. The summed E-state index contributed by atoms with van der Waals surface area (Å²) in [5.41, 5.74) is 0.915. The molecule has 0 bridgehead atoms. The van der Waals surface area contributed by atoms with E-state index < -0.39 is 0 Å². The second-order valence-corrected chi connectivity index (χ2v) is 4.60. The molecule has 2 nitrogen and oxygen atoms in total. The van der Waals surface area contributed by atoms with Gasteiger partial charge in [-0.2, -0.15) is 0 Å². The molecule has 1 aliphatic carbocycles. The van der Waals surface area contributed by atoms with Crippen LogP contribution >= 0.6 is 11.6 Å². The molecule has 0 heterocycles. The van der Waals surface area contributed by atoms with E-state index in [1.807, 2.05) is 11.0 Å². The Morgan fingerprint density at radius 2 is 2.24 bits per heavy atom. The molecule has 0 atom stereocenters. The van der Waals surface area contributed by atoms with Crippen LogP contribution in [-0.4, -0.2) is 29.3 Å². The Morgan fingerprint density at radius 3 is 2.82 bits per heavy atom. The normalized spacial score (nSPS) is 14.7. The highest BCUT2D eigenvalue weighted by Crippen LogP contribution is 2.27. The summed E-state index contributed by atoms with van der Waals surface area (Å²) in [6.45, 7) is 0.625. The van der Waals surface area contributed by atoms with Gasteiger partial charge in [-0.3, -0.25) is 4.79 Å². The van der Waals surface area contributed by atoms with E-state index in [1.54, 1.807) is 6.07 Å². The van der Waals surface area contributed by atoms with Gasteiger partial charge in [0.15, 0.2) is 0 Å². The summed E-state index contributed by atoms with van der Waals surface area (Å²) >= 11 is 5.57. The Hall–Kier alpha value is -1.09. The van der Waals surface area contributed by atoms with Crippen LogP contribution in [0.5, 0.6) is 0 Å². The van der Waals surface area contributed by atoms with Crippen molar-refractivity contribution >= 4 is 17.5 Å². The van der Waals surface area contributed by atoms with Crippen LogP contribution < -0.4 is 0 Å². The van der Waals surface area contributed by atoms with Crippen molar-refractivity contribution in [1.29, 1.82) is 0 Å². The SMILES string of the molecule is O=C(CCl)N(CCc1cccc(F)c1)C1CC1. The number of nitrogens with zero attached hydrogens (tertiary/aromatic N) is 1. The average Bonchev–Trinajstić information content (AvgIpc) is 3.13. The fourth-order valence-corrected chi connectivity index (χ4v) is 2.07. The highest BCUT2D eigenvalue weighted by Gasteiger charge is 2.31. The maximum Gasteiger partial charge on any atom is 0.237 e. The molecular formula is C13H15ClFNO. The Morgan fingerprint density at radius 1 is 1.47 bits per heavy atom. The summed E-state index contributed by atoms with van der Waals surface area (Å²) < 4.78 is 13.0. The number of hydrogen-bond acceptors (Lipinski definition) is 1. The molecule has 2 rings (SSSR count). The number of alkyl halides is 1. The molecule has 0 aromatic heterocycles. The molecular weight excluding hydrogens is 241 g/mol. The fourth-order valence-electron chi connectivity index (χ4n) is 1.92. The smallest absolute Gasteiger partial charge is 0.237 e. The summed E-state index contributed by atoms with van der Waals surface area (Å²) in [6.07, 6.45) is 2.80. The van der Waals surface area contributed by atoms with Gasteiger partial charge in [0.25, 0.3) is 0 Å². The molecule has 1 amide bonds. The van der Waals surface area contributed by atoms with E-state index in [2.05, 4.69) is 0 Å². The van der Waals surface area contributed by atoms with E-state index in [0.717, 1.165) is 18.4 Å². The van der Waals surface area contributed by atoms with Crippen molar-refractivity contribution in [2.45, 2.75) is 25.3 Å². The summed E-state index contributed by atoms with van der Waals surface area (Å²) in [6, 6.07) is 6.85. The minimum absolute atomic E-state index is 0.0226. The molecule has 1 fully saturated rings. The van der Waals surface area contributed by atoms with Gasteiger partial charge < -0.3 is 4.90 Å². The van der Waals surface area contributed by atoms with Crippen molar-refractivity contribution in [3.63, 3.8) is 0 Å². The number of rotatable bonds is 5. The predicted octanol–water partition coefficient (Wildman–Crippen LogP) is 2.60. The largest absolute Gasteiger partial charge is 0.338 e. The molecule has 0 aliphatic heterocycles. The molecule has 1 saturated carbocycles. The minimum Gasteiger partial charge on any atom is -0.338 e. The number of amides is 1. The quantitative estimate of drug-likeness (QED) is 0.741. The summed E-state index contributed by atoms with van der Waals surface area (Å²) in [5, 5.41) is 0. The molecule has 0 radical (unpaired) electrons. The van der Waals surface area contributed by atoms with Gasteiger partial charge in [-0.15, -0.1) is 11.6 Å². The number of halogens is 2. The Balaban J connectivity index is 1.93. The zero-order chi connectivity index (χ0) is 12.3. The van der Waals surface area contributed by atoms with E-state index >= 15 is 0 Å². The topological polar surface area (TPSA) is 20.3 Å². The van der Waals surface area contributed by atoms with Crippen LogP contribution in [0.25, 0.3) is 0 Å². The highest BCUT2D eigenvalue weighted by molar-refractivity contribution is 6.27. The number of carbonyl (C=O) groups excluding carboxylic acids is 1. The van der Waals surface area contributed by atoms with Crippen LogP contribution in [0.4, 0.5) is 4.39 Å². The van der Waals surface area contributed by atoms with Crippen LogP contribution in [0, 0.1) is 5.82 Å². The lowest BCUT2D eigenvalue weighted by Crippen LogP contribution is -2.35. The van der Waals surface area contributed by atoms with Gasteiger partial charge in [0, 0.05) is 12.6 Å². The first-order chi connectivity index (χ1) is 8.20. The molecule has 1 aromatic rings. The number of benzene rings is 1. The van der Waals surface area contributed by atoms with Crippen LogP contribution in [0.1, 0.15) is 18.4 Å². The van der Waals surface area contributed by atoms with E-state index in [9.17, 15) is 9.18 Å². The van der Waals surface area contributed by atoms with Crippen molar-refractivity contribution in [2.24, 2.45) is 0 Å². The zero-order valence-electron chi connectivity index (χ0n) is 9.53. The maximum atomic E-state index is 13.0. The molecule has 1 aromatic carbocycles. The number of carbonyl (C=O) groups is 1. The molecule has 0 N–H and O–H groups in total. The van der Waals surface area contributed by atoms with Crippen LogP contribution in [0.2, 0.25) is 0 Å². The van der Waals surface area contributed by atoms with Gasteiger partial charge >= 0.3 is 0 Å². The molecule has 17 heavy (non-hydrogen) atoms. The second-order valence-electron chi connectivity index (χ2n) is 4.33. The van der Waals surface area contributed by atoms with Crippen LogP contribution in [0.3, 0.4) is 0 Å². The lowest BCUT2D eigenvalue weighted by atomic mass is 10.1. The van der Waals surface area contributed by atoms with Gasteiger partial charge in [0.1, 0.15) is 11.7 Å². The average molecular weight is 256 g/mol. The van der Waals surface area contributed by atoms with Gasteiger partial charge in [-0.25, -0.2) is 4.39 Å². The van der Waals surface area contributed by atoms with Crippen molar-refractivity contribution in [1.82, 2.24) is 4.90 Å². The summed E-state index contributed by atoms with van der Waals surface area (Å²) in [5.74, 6) is -0.227. The van der Waals surface area contributed by atoms with E-state index in [0.29, 0.717) is 19.0 Å². The summed E-state index contributed by atoms with van der Waals surface area (Å²) in [7, 11) is 0. The molecule has 1 aliphatic rings. The first-order valence-electron chi connectivity index (χ1n) is 5.80. The van der Waals surface area contributed by atoms with Gasteiger partial charge in [0.05, 0.1) is 0 Å². The maximum absolute atomic E-state index is 13.0. The Labute approximate surface area is 105 Å². The standard InChI is InChI=1S/C13H15ClFNO/c14-9-13(17)16(12-4-5-12)7-6-10-2-1-3-11(15)8-10/h1-3,8,12H,4-7,9H2. The van der Waals surface area contributed by atoms with Crippen molar-refractivity contribution in [3.8, 4) is 0 Å². The van der Waals surface area contributed by atoms with Crippen molar-refractivity contribution < 1.29 is 9.18 Å². The molecule has 92 valence electrons. The van der Waals surface area contributed by atoms with Crippen molar-refractivity contribution in [2.75, 3.05) is 12.4 Å². The van der Waals surface area contributed by atoms with Gasteiger partial charge in [0.2, 0.25) is 5.91 Å². The van der Waals surface area contributed by atoms with E-state index in [1.165, 1.54) is 12.1 Å². The predicted molar refractivity (Wildman–Crippen MR) is 65.6 cm³/mol. The lowest BCUT2D eigenvalue weighted by molar-refractivity contribution is -0.129. The van der Waals surface area contributed by atoms with Gasteiger partial charge in [-0.1, -0.05) is 12.1 Å². The third-order valence-corrected chi connectivity index (χ3v) is 3.18. The highest BCUT2D eigenvalue weighted by atomic mass is 35.5. The first-order valence-corrected chi connectivity index (χ1v) is 6.34. The Bertz CT molecular complexity index is 406. The number of hydrogen-bond donors (Lipinski definition) is 0. The zero-order valence-corrected chi connectivity index (χ0v) is 10.3. The van der Waals surface area contributed by atoms with E-state index in [4.69, 9.17) is 11.6 Å². The second kappa shape index (κ2) is 5.50.